The second kappa shape index (κ2) is 5.98. The van der Waals surface area contributed by atoms with Crippen molar-refractivity contribution >= 4 is 17.0 Å². The molecule has 0 bridgehead atoms. The standard InChI is InChI=1S/C8H16O5S/c1-4-5-6-12-7(9)8(2,3)13-14(10)11/h14H,4-6H2,1-3H3. The van der Waals surface area contributed by atoms with Crippen LogP contribution in [0.2, 0.25) is 0 Å². The largest absolute Gasteiger partial charge is 0.464 e. The molecule has 0 spiro atoms. The molecule has 0 radical (unpaired) electrons. The minimum Gasteiger partial charge on any atom is -0.464 e. The molecule has 14 heavy (non-hydrogen) atoms. The molecule has 0 aliphatic rings. The fourth-order valence-corrected chi connectivity index (χ4v) is 1.15. The van der Waals surface area contributed by atoms with Crippen molar-refractivity contribution in [1.29, 1.82) is 0 Å². The molecule has 6 heteroatoms. The van der Waals surface area contributed by atoms with Gasteiger partial charge in [0.25, 0.3) is 11.0 Å². The third kappa shape index (κ3) is 5.18. The molecule has 0 aromatic heterocycles. The van der Waals surface area contributed by atoms with E-state index in [1.807, 2.05) is 6.92 Å². The summed E-state index contributed by atoms with van der Waals surface area (Å²) in [5.74, 6) is -0.662. The summed E-state index contributed by atoms with van der Waals surface area (Å²) in [6.07, 6.45) is 1.66. The maximum absolute atomic E-state index is 11.3. The zero-order chi connectivity index (χ0) is 11.2. The molecule has 0 aromatic rings. The van der Waals surface area contributed by atoms with Gasteiger partial charge in [-0.25, -0.2) is 13.2 Å². The molecule has 0 N–H and O–H groups in total. The van der Waals surface area contributed by atoms with Crippen LogP contribution >= 0.6 is 0 Å². The maximum atomic E-state index is 11.3. The number of hydrogen-bond donors (Lipinski definition) is 1. The van der Waals surface area contributed by atoms with Gasteiger partial charge < -0.3 is 4.74 Å². The number of ether oxygens (including phenoxy) is 1. The average molecular weight is 224 g/mol. The van der Waals surface area contributed by atoms with Crippen molar-refractivity contribution in [3.63, 3.8) is 0 Å². The molecule has 0 saturated heterocycles. The summed E-state index contributed by atoms with van der Waals surface area (Å²) >= 11 is 0. The molecule has 0 atom stereocenters. The van der Waals surface area contributed by atoms with Crippen molar-refractivity contribution in [1.82, 2.24) is 0 Å². The highest BCUT2D eigenvalue weighted by Crippen LogP contribution is 2.11. The SMILES string of the molecule is CCCCOC(=O)C(C)(C)O[SH](=O)=O. The molecule has 0 aliphatic heterocycles. The molecule has 0 aromatic carbocycles. The maximum Gasteiger partial charge on any atom is 0.339 e. The Labute approximate surface area is 85.5 Å². The Morgan fingerprint density at radius 3 is 2.36 bits per heavy atom. The Balaban J connectivity index is 4.07. The highest BCUT2D eigenvalue weighted by atomic mass is 32.2. The number of carbonyl (C=O) groups excluding carboxylic acids is 1. The van der Waals surface area contributed by atoms with Gasteiger partial charge >= 0.3 is 5.97 Å². The number of esters is 1. The lowest BCUT2D eigenvalue weighted by Gasteiger charge is -2.18. The first kappa shape index (κ1) is 13.4. The zero-order valence-electron chi connectivity index (χ0n) is 8.61. The predicted molar refractivity (Wildman–Crippen MR) is 51.3 cm³/mol. The van der Waals surface area contributed by atoms with E-state index in [1.165, 1.54) is 13.8 Å². The van der Waals surface area contributed by atoms with Crippen LogP contribution in [0.25, 0.3) is 0 Å². The van der Waals surface area contributed by atoms with Gasteiger partial charge in [-0.15, -0.1) is 0 Å². The van der Waals surface area contributed by atoms with Gasteiger partial charge in [0.05, 0.1) is 6.61 Å². The topological polar surface area (TPSA) is 69.7 Å². The van der Waals surface area contributed by atoms with E-state index in [1.54, 1.807) is 0 Å². The Morgan fingerprint density at radius 2 is 1.93 bits per heavy atom. The first-order valence-corrected chi connectivity index (χ1v) is 5.50. The summed E-state index contributed by atoms with van der Waals surface area (Å²) in [6.45, 7) is 4.96. The summed E-state index contributed by atoms with van der Waals surface area (Å²) in [7, 11) is -3.04. The zero-order valence-corrected chi connectivity index (χ0v) is 9.50. The molecule has 84 valence electrons. The fourth-order valence-electron chi connectivity index (χ4n) is 0.707. The normalized spacial score (nSPS) is 11.7. The van der Waals surface area contributed by atoms with E-state index in [2.05, 4.69) is 4.18 Å². The predicted octanol–water partition coefficient (Wildman–Crippen LogP) is 0.651. The van der Waals surface area contributed by atoms with Gasteiger partial charge in [-0.2, -0.15) is 0 Å². The fraction of sp³-hybridized carbons (Fsp3) is 0.875. The van der Waals surface area contributed by atoms with Crippen molar-refractivity contribution in [2.24, 2.45) is 0 Å². The van der Waals surface area contributed by atoms with Crippen LogP contribution in [0.5, 0.6) is 0 Å². The van der Waals surface area contributed by atoms with E-state index in [0.29, 0.717) is 0 Å². The lowest BCUT2D eigenvalue weighted by molar-refractivity contribution is -0.158. The highest BCUT2D eigenvalue weighted by molar-refractivity contribution is 7.67. The smallest absolute Gasteiger partial charge is 0.339 e. The molecular weight excluding hydrogens is 208 g/mol. The first-order valence-electron chi connectivity index (χ1n) is 4.41. The molecule has 0 amide bonds. The van der Waals surface area contributed by atoms with Crippen LogP contribution in [0.3, 0.4) is 0 Å². The van der Waals surface area contributed by atoms with Gasteiger partial charge in [0.15, 0.2) is 5.60 Å². The van der Waals surface area contributed by atoms with E-state index < -0.39 is 22.6 Å². The summed E-state index contributed by atoms with van der Waals surface area (Å²) < 4.78 is 29.7. The molecule has 5 nitrogen and oxygen atoms in total. The third-order valence-electron chi connectivity index (χ3n) is 1.53. The van der Waals surface area contributed by atoms with E-state index in [0.717, 1.165) is 12.8 Å². The van der Waals surface area contributed by atoms with Gasteiger partial charge in [-0.05, 0) is 20.3 Å². The van der Waals surface area contributed by atoms with Gasteiger partial charge in [0, 0.05) is 0 Å². The van der Waals surface area contributed by atoms with E-state index in [-0.39, 0.29) is 6.61 Å². The van der Waals surface area contributed by atoms with Gasteiger partial charge in [0.2, 0.25) is 0 Å². The Morgan fingerprint density at radius 1 is 1.36 bits per heavy atom. The highest BCUT2D eigenvalue weighted by Gasteiger charge is 2.31. The van der Waals surface area contributed by atoms with Crippen molar-refractivity contribution < 1.29 is 22.1 Å². The molecule has 0 unspecified atom stereocenters. The van der Waals surface area contributed by atoms with Crippen molar-refractivity contribution in [3.05, 3.63) is 0 Å². The summed E-state index contributed by atoms with van der Waals surface area (Å²) in [5, 5.41) is 0. The lowest BCUT2D eigenvalue weighted by Crippen LogP contribution is -2.36. The Bertz CT molecular complexity index is 248. The van der Waals surface area contributed by atoms with Crippen LogP contribution in [0, 0.1) is 0 Å². The molecule has 0 saturated carbocycles. The minimum absolute atomic E-state index is 0.289. The van der Waals surface area contributed by atoms with Crippen LogP contribution in [0.15, 0.2) is 0 Å². The second-order valence-corrected chi connectivity index (χ2v) is 3.94. The number of rotatable bonds is 6. The van der Waals surface area contributed by atoms with Gasteiger partial charge in [0.1, 0.15) is 0 Å². The molecule has 0 aliphatic carbocycles. The second-order valence-electron chi connectivity index (χ2n) is 3.31. The molecule has 0 rings (SSSR count). The van der Waals surface area contributed by atoms with Crippen LogP contribution in [-0.4, -0.2) is 26.6 Å². The molecular formula is C8H16O5S. The number of hydrogen-bond acceptors (Lipinski definition) is 5. The summed E-state index contributed by atoms with van der Waals surface area (Å²) in [6, 6.07) is 0. The third-order valence-corrected chi connectivity index (χ3v) is 2.13. The minimum atomic E-state index is -3.04. The number of thiol groups is 1. The number of unbranched alkanes of at least 4 members (excludes halogenated alkanes) is 1. The quantitative estimate of drug-likeness (QED) is 0.407. The van der Waals surface area contributed by atoms with Gasteiger partial charge in [-0.1, -0.05) is 13.3 Å². The van der Waals surface area contributed by atoms with E-state index in [9.17, 15) is 13.2 Å². The molecule has 0 fully saturated rings. The molecule has 0 heterocycles. The van der Waals surface area contributed by atoms with Crippen LogP contribution in [0.1, 0.15) is 33.6 Å². The first-order chi connectivity index (χ1) is 6.40. The van der Waals surface area contributed by atoms with Crippen molar-refractivity contribution in [2.75, 3.05) is 6.61 Å². The monoisotopic (exact) mass is 224 g/mol. The van der Waals surface area contributed by atoms with Crippen molar-refractivity contribution in [3.8, 4) is 0 Å². The van der Waals surface area contributed by atoms with Crippen molar-refractivity contribution in [2.45, 2.75) is 39.2 Å². The number of carbonyl (C=O) groups is 1. The summed E-state index contributed by atoms with van der Waals surface area (Å²) in [5.41, 5.74) is -1.43. The van der Waals surface area contributed by atoms with Gasteiger partial charge in [-0.3, -0.25) is 4.18 Å². The summed E-state index contributed by atoms with van der Waals surface area (Å²) in [4.78, 5) is 11.3. The average Bonchev–Trinajstić information content (AvgIpc) is 2.02. The van der Waals surface area contributed by atoms with Crippen LogP contribution in [0.4, 0.5) is 0 Å². The van der Waals surface area contributed by atoms with Crippen LogP contribution < -0.4 is 0 Å². The Hall–Kier alpha value is -0.620. The lowest BCUT2D eigenvalue weighted by atomic mass is 10.1. The van der Waals surface area contributed by atoms with Crippen LogP contribution in [-0.2, 0) is 24.7 Å². The van der Waals surface area contributed by atoms with E-state index in [4.69, 9.17) is 4.74 Å². The van der Waals surface area contributed by atoms with E-state index >= 15 is 0 Å². The Kier molecular flexibility index (Phi) is 5.71.